The third-order valence-electron chi connectivity index (χ3n) is 2.79. The highest BCUT2D eigenvalue weighted by Crippen LogP contribution is 2.27. The van der Waals surface area contributed by atoms with Crippen LogP contribution in [0.1, 0.15) is 25.2 Å². The Kier molecular flexibility index (Phi) is 3.60. The zero-order valence-corrected chi connectivity index (χ0v) is 11.2. The lowest BCUT2D eigenvalue weighted by atomic mass is 10.1. The van der Waals surface area contributed by atoms with E-state index < -0.39 is 5.60 Å². The van der Waals surface area contributed by atoms with Gasteiger partial charge in [0, 0.05) is 16.8 Å². The monoisotopic (exact) mass is 261 g/mol. The molecule has 0 saturated carbocycles. The molecule has 0 fully saturated rings. The van der Waals surface area contributed by atoms with Crippen LogP contribution in [0.3, 0.4) is 0 Å². The summed E-state index contributed by atoms with van der Waals surface area (Å²) in [6.07, 6.45) is 1.63. The fourth-order valence-electron chi connectivity index (χ4n) is 1.76. The third kappa shape index (κ3) is 2.50. The van der Waals surface area contributed by atoms with Crippen LogP contribution in [0.15, 0.2) is 18.3 Å². The van der Waals surface area contributed by atoms with Gasteiger partial charge < -0.3 is 10.1 Å². The summed E-state index contributed by atoms with van der Waals surface area (Å²) >= 11 is 1.69. The molecular weight excluding hydrogens is 246 g/mol. The van der Waals surface area contributed by atoms with Crippen LogP contribution in [0.25, 0.3) is 10.9 Å². The second-order valence-electron chi connectivity index (χ2n) is 4.36. The molecule has 0 radical (unpaired) electrons. The summed E-state index contributed by atoms with van der Waals surface area (Å²) in [5, 5.41) is 20.1. The molecule has 0 amide bonds. The van der Waals surface area contributed by atoms with E-state index in [1.807, 2.05) is 12.1 Å². The predicted octanol–water partition coefficient (Wildman–Crippen LogP) is 2.40. The van der Waals surface area contributed by atoms with Crippen molar-refractivity contribution in [1.82, 2.24) is 9.97 Å². The van der Waals surface area contributed by atoms with E-state index in [0.717, 1.165) is 22.3 Å². The average Bonchev–Trinajstić information content (AvgIpc) is 2.79. The standard InChI is InChI=1S/C13H15N3OS/c1-3-18-8-13(2,17)12-5-9-4-10(6-14)15-7-11(9)16-12/h4-5,7,16-17H,3,8H2,1-2H3. The molecule has 0 aromatic carbocycles. The lowest BCUT2D eigenvalue weighted by molar-refractivity contribution is 0.0800. The molecule has 1 unspecified atom stereocenters. The highest BCUT2D eigenvalue weighted by Gasteiger charge is 2.24. The summed E-state index contributed by atoms with van der Waals surface area (Å²) in [6.45, 7) is 3.86. The van der Waals surface area contributed by atoms with Crippen molar-refractivity contribution in [2.75, 3.05) is 11.5 Å². The number of aromatic nitrogens is 2. The number of aliphatic hydroxyl groups is 1. The Morgan fingerprint density at radius 1 is 1.56 bits per heavy atom. The van der Waals surface area contributed by atoms with Crippen LogP contribution in [-0.4, -0.2) is 26.6 Å². The van der Waals surface area contributed by atoms with E-state index in [9.17, 15) is 5.11 Å². The Morgan fingerprint density at radius 2 is 2.33 bits per heavy atom. The zero-order chi connectivity index (χ0) is 13.2. The number of rotatable bonds is 4. The number of hydrogen-bond donors (Lipinski definition) is 2. The van der Waals surface area contributed by atoms with E-state index in [-0.39, 0.29) is 0 Å². The van der Waals surface area contributed by atoms with Gasteiger partial charge in [-0.3, -0.25) is 0 Å². The first-order chi connectivity index (χ1) is 8.56. The van der Waals surface area contributed by atoms with Crippen molar-refractivity contribution in [3.05, 3.63) is 29.7 Å². The molecule has 1 atom stereocenters. The topological polar surface area (TPSA) is 72.7 Å². The molecule has 2 rings (SSSR count). The average molecular weight is 261 g/mol. The van der Waals surface area contributed by atoms with E-state index in [1.54, 1.807) is 30.9 Å². The lowest BCUT2D eigenvalue weighted by Gasteiger charge is -2.21. The Hall–Kier alpha value is -1.51. The normalized spacial score (nSPS) is 14.3. The van der Waals surface area contributed by atoms with Crippen molar-refractivity contribution in [2.45, 2.75) is 19.4 Å². The van der Waals surface area contributed by atoms with Gasteiger partial charge in [0.25, 0.3) is 0 Å². The van der Waals surface area contributed by atoms with E-state index in [0.29, 0.717) is 11.4 Å². The summed E-state index contributed by atoms with van der Waals surface area (Å²) in [4.78, 5) is 7.16. The quantitative estimate of drug-likeness (QED) is 0.886. The molecule has 0 aliphatic heterocycles. The predicted molar refractivity (Wildman–Crippen MR) is 73.4 cm³/mol. The molecule has 5 heteroatoms. The summed E-state index contributed by atoms with van der Waals surface area (Å²) in [6, 6.07) is 5.61. The summed E-state index contributed by atoms with van der Waals surface area (Å²) in [5.41, 5.74) is 1.09. The number of nitriles is 1. The van der Waals surface area contributed by atoms with Crippen molar-refractivity contribution in [3.8, 4) is 6.07 Å². The van der Waals surface area contributed by atoms with Gasteiger partial charge in [0.05, 0.1) is 11.7 Å². The highest BCUT2D eigenvalue weighted by atomic mass is 32.2. The number of H-pyrrole nitrogens is 1. The fraction of sp³-hybridized carbons (Fsp3) is 0.385. The van der Waals surface area contributed by atoms with Gasteiger partial charge in [0.15, 0.2) is 0 Å². The summed E-state index contributed by atoms with van der Waals surface area (Å²) in [7, 11) is 0. The van der Waals surface area contributed by atoms with E-state index in [2.05, 4.69) is 16.9 Å². The number of fused-ring (bicyclic) bond motifs is 1. The number of thioether (sulfide) groups is 1. The maximum atomic E-state index is 10.4. The van der Waals surface area contributed by atoms with Crippen LogP contribution in [0, 0.1) is 11.3 Å². The number of nitrogens with one attached hydrogen (secondary N) is 1. The van der Waals surface area contributed by atoms with E-state index in [4.69, 9.17) is 5.26 Å². The smallest absolute Gasteiger partial charge is 0.141 e. The van der Waals surface area contributed by atoms with Gasteiger partial charge in [-0.25, -0.2) is 4.98 Å². The molecule has 0 aliphatic carbocycles. The van der Waals surface area contributed by atoms with Gasteiger partial charge in [-0.2, -0.15) is 17.0 Å². The fourth-order valence-corrected chi connectivity index (χ4v) is 2.52. The minimum absolute atomic E-state index is 0.385. The van der Waals surface area contributed by atoms with Crippen molar-refractivity contribution in [3.63, 3.8) is 0 Å². The molecular formula is C13H15N3OS. The van der Waals surface area contributed by atoms with Crippen molar-refractivity contribution in [1.29, 1.82) is 5.26 Å². The molecule has 2 N–H and O–H groups in total. The summed E-state index contributed by atoms with van der Waals surface area (Å²) < 4.78 is 0. The first-order valence-electron chi connectivity index (χ1n) is 5.76. The number of aromatic amines is 1. The third-order valence-corrected chi connectivity index (χ3v) is 3.96. The second kappa shape index (κ2) is 5.01. The van der Waals surface area contributed by atoms with Crippen molar-refractivity contribution in [2.24, 2.45) is 0 Å². The highest BCUT2D eigenvalue weighted by molar-refractivity contribution is 7.99. The number of hydrogen-bond acceptors (Lipinski definition) is 4. The maximum absolute atomic E-state index is 10.4. The first-order valence-corrected chi connectivity index (χ1v) is 6.92. The Balaban J connectivity index is 2.38. The van der Waals surface area contributed by atoms with Crippen LogP contribution in [0.2, 0.25) is 0 Å². The molecule has 4 nitrogen and oxygen atoms in total. The van der Waals surface area contributed by atoms with Crippen LogP contribution in [0.5, 0.6) is 0 Å². The minimum Gasteiger partial charge on any atom is -0.383 e. The SMILES string of the molecule is CCSCC(C)(O)c1cc2cc(C#N)ncc2[nH]1. The molecule has 94 valence electrons. The van der Waals surface area contributed by atoms with Crippen LogP contribution >= 0.6 is 11.8 Å². The maximum Gasteiger partial charge on any atom is 0.141 e. The molecule has 2 heterocycles. The molecule has 2 aromatic heterocycles. The van der Waals surface area contributed by atoms with Gasteiger partial charge in [-0.05, 0) is 24.8 Å². The first kappa shape index (κ1) is 12.9. The van der Waals surface area contributed by atoms with E-state index >= 15 is 0 Å². The van der Waals surface area contributed by atoms with Crippen LogP contribution in [0.4, 0.5) is 0 Å². The Morgan fingerprint density at radius 3 is 3.00 bits per heavy atom. The molecule has 2 aromatic rings. The molecule has 0 bridgehead atoms. The Labute approximate surface area is 110 Å². The van der Waals surface area contributed by atoms with Gasteiger partial charge in [0.2, 0.25) is 0 Å². The van der Waals surface area contributed by atoms with Gasteiger partial charge in [-0.15, -0.1) is 0 Å². The Bertz CT molecular complexity index is 598. The summed E-state index contributed by atoms with van der Waals surface area (Å²) in [5.74, 6) is 1.60. The van der Waals surface area contributed by atoms with Crippen molar-refractivity contribution < 1.29 is 5.11 Å². The number of pyridine rings is 1. The van der Waals surface area contributed by atoms with Gasteiger partial charge in [-0.1, -0.05) is 6.92 Å². The minimum atomic E-state index is -0.896. The van der Waals surface area contributed by atoms with Crippen LogP contribution in [-0.2, 0) is 5.60 Å². The molecule has 0 spiro atoms. The molecule has 0 aliphatic rings. The number of nitrogens with zero attached hydrogens (tertiary/aromatic N) is 2. The second-order valence-corrected chi connectivity index (χ2v) is 5.64. The van der Waals surface area contributed by atoms with E-state index in [1.165, 1.54) is 0 Å². The van der Waals surface area contributed by atoms with Gasteiger partial charge in [0.1, 0.15) is 17.4 Å². The van der Waals surface area contributed by atoms with Crippen molar-refractivity contribution >= 4 is 22.7 Å². The van der Waals surface area contributed by atoms with Gasteiger partial charge >= 0.3 is 0 Å². The molecule has 0 saturated heterocycles. The molecule has 18 heavy (non-hydrogen) atoms. The largest absolute Gasteiger partial charge is 0.383 e. The van der Waals surface area contributed by atoms with Crippen LogP contribution < -0.4 is 0 Å². The lowest BCUT2D eigenvalue weighted by Crippen LogP contribution is -2.24. The zero-order valence-electron chi connectivity index (χ0n) is 10.4.